The molecule has 3 heterocycles. The lowest BCUT2D eigenvalue weighted by Gasteiger charge is -2.37. The van der Waals surface area contributed by atoms with Crippen LogP contribution >= 0.6 is 0 Å². The highest BCUT2D eigenvalue weighted by molar-refractivity contribution is 7.91. The van der Waals surface area contributed by atoms with Gasteiger partial charge in [0.25, 0.3) is 11.8 Å². The maximum Gasteiger partial charge on any atom is 0.341 e. The number of Topliss-reactive ketones (excluding diaryl/α,β-unsaturated/α-hetero) is 1. The summed E-state index contributed by atoms with van der Waals surface area (Å²) in [5.41, 5.74) is 2.05. The van der Waals surface area contributed by atoms with Crippen molar-refractivity contribution in [2.24, 2.45) is 11.7 Å². The minimum Gasteiger partial charge on any atom is -0.384 e. The lowest BCUT2D eigenvalue weighted by molar-refractivity contribution is -0.145. The van der Waals surface area contributed by atoms with Crippen LogP contribution in [0.4, 0.5) is 8.78 Å². The molecule has 0 unspecified atom stereocenters. The van der Waals surface area contributed by atoms with Crippen LogP contribution < -0.4 is 16.4 Å². The molecule has 2 aliphatic heterocycles. The predicted molar refractivity (Wildman–Crippen MR) is 189 cm³/mol. The third-order valence-corrected chi connectivity index (χ3v) is 13.7. The van der Waals surface area contributed by atoms with Crippen molar-refractivity contribution in [2.75, 3.05) is 18.1 Å². The summed E-state index contributed by atoms with van der Waals surface area (Å²) >= 11 is 0. The van der Waals surface area contributed by atoms with E-state index in [1.165, 1.54) is 29.6 Å². The molecule has 5 N–H and O–H groups in total. The maximum absolute atomic E-state index is 14.7. The summed E-state index contributed by atoms with van der Waals surface area (Å²) in [5, 5.41) is 24.1. The van der Waals surface area contributed by atoms with Crippen LogP contribution in [0.3, 0.4) is 0 Å². The number of amides is 4. The number of nitrogens with zero attached hydrogens (tertiary/aromatic N) is 4. The first-order valence-corrected chi connectivity index (χ1v) is 21.2. The minimum absolute atomic E-state index is 0.00927. The lowest BCUT2D eigenvalue weighted by atomic mass is 9.84. The highest BCUT2D eigenvalue weighted by atomic mass is 32.2. The third kappa shape index (κ3) is 9.20. The second kappa shape index (κ2) is 16.0. The molecule has 0 bridgehead atoms. The number of alkyl halides is 2. The van der Waals surface area contributed by atoms with Gasteiger partial charge in [-0.15, -0.1) is 5.10 Å². The highest BCUT2D eigenvalue weighted by Crippen LogP contribution is 2.35. The highest BCUT2D eigenvalue weighted by Gasteiger charge is 2.51. The standard InChI is InChI=1S/C34H45F2N7O10S2/c1-33(2,49)26-18-38-41-43(26)22-17-25(30(47)40-34(27(44)28(37)45)12-14-54(50,51)15-13-34)42(19-22)31(48)24(16-20-6-4-3-5-7-20)39-29(46)21-8-10-23(11-9-21)55(52,53)32(35)36/h8-11,18,20,22,24-25,32,49H,3-7,12-17,19H2,1-2H3,(H2,37,45)(H,39,46)(H,40,47)/t22-,24+,25-/m0/s1. The van der Waals surface area contributed by atoms with Crippen molar-refractivity contribution in [2.45, 2.75) is 112 Å². The van der Waals surface area contributed by atoms with Gasteiger partial charge in [-0.2, -0.15) is 8.78 Å². The van der Waals surface area contributed by atoms with Crippen molar-refractivity contribution < 1.29 is 54.7 Å². The molecule has 3 fully saturated rings. The van der Waals surface area contributed by atoms with Gasteiger partial charge in [-0.25, -0.2) is 21.5 Å². The number of carbonyl (C=O) groups excluding carboxylic acids is 5. The number of halogens is 2. The number of benzene rings is 1. The first-order valence-electron chi connectivity index (χ1n) is 17.9. The van der Waals surface area contributed by atoms with Gasteiger partial charge in [-0.3, -0.25) is 24.0 Å². The Kier molecular flexibility index (Phi) is 12.2. The molecular formula is C34H45F2N7O10S2. The number of primary amides is 1. The summed E-state index contributed by atoms with van der Waals surface area (Å²) in [6.45, 7) is 2.79. The number of hydrogen-bond acceptors (Lipinski definition) is 12. The van der Waals surface area contributed by atoms with Crippen molar-refractivity contribution in [3.05, 3.63) is 41.7 Å². The van der Waals surface area contributed by atoms with E-state index in [0.717, 1.165) is 56.4 Å². The molecule has 17 nitrogen and oxygen atoms in total. The molecule has 1 aliphatic carbocycles. The van der Waals surface area contributed by atoms with Crippen LogP contribution in [0.15, 0.2) is 35.4 Å². The maximum atomic E-state index is 14.7. The fourth-order valence-corrected chi connectivity index (χ4v) is 9.85. The van der Waals surface area contributed by atoms with Gasteiger partial charge in [0.15, 0.2) is 9.84 Å². The molecule has 3 aliphatic rings. The smallest absolute Gasteiger partial charge is 0.341 e. The van der Waals surface area contributed by atoms with Crippen LogP contribution in [-0.4, -0.2) is 113 Å². The normalized spacial score (nSPS) is 22.2. The molecule has 2 saturated heterocycles. The van der Waals surface area contributed by atoms with Crippen LogP contribution in [0.2, 0.25) is 0 Å². The van der Waals surface area contributed by atoms with Crippen molar-refractivity contribution in [3.8, 4) is 0 Å². The average Bonchev–Trinajstić information content (AvgIpc) is 3.81. The minimum atomic E-state index is -4.94. The summed E-state index contributed by atoms with van der Waals surface area (Å²) in [6, 6.07) is 0.412. The van der Waals surface area contributed by atoms with Crippen LogP contribution in [0.5, 0.6) is 0 Å². The number of sulfone groups is 2. The summed E-state index contributed by atoms with van der Waals surface area (Å²) < 4.78 is 76.1. The Labute approximate surface area is 316 Å². The number of aromatic nitrogens is 3. The molecule has 0 radical (unpaired) electrons. The van der Waals surface area contributed by atoms with E-state index in [1.807, 2.05) is 0 Å². The van der Waals surface area contributed by atoms with E-state index in [9.17, 15) is 54.7 Å². The van der Waals surface area contributed by atoms with E-state index in [2.05, 4.69) is 20.9 Å². The van der Waals surface area contributed by atoms with Crippen molar-refractivity contribution >= 4 is 49.1 Å². The van der Waals surface area contributed by atoms with Crippen LogP contribution in [-0.2, 0) is 44.5 Å². The summed E-state index contributed by atoms with van der Waals surface area (Å²) in [6.07, 6.45) is 4.73. The van der Waals surface area contributed by atoms with Gasteiger partial charge in [-0.05, 0) is 63.3 Å². The molecule has 1 saturated carbocycles. The number of carbonyl (C=O) groups is 5. The van der Waals surface area contributed by atoms with Gasteiger partial charge < -0.3 is 26.4 Å². The fraction of sp³-hybridized carbons (Fsp3) is 0.618. The zero-order valence-electron chi connectivity index (χ0n) is 30.3. The molecule has 3 atom stereocenters. The van der Waals surface area contributed by atoms with Crippen LogP contribution in [0.1, 0.15) is 93.7 Å². The number of rotatable bonds is 13. The molecule has 1 aromatic heterocycles. The van der Waals surface area contributed by atoms with Crippen molar-refractivity contribution in [1.82, 2.24) is 30.5 Å². The number of ketones is 1. The number of aliphatic hydroxyl groups is 1. The van der Waals surface area contributed by atoms with Gasteiger partial charge >= 0.3 is 5.76 Å². The van der Waals surface area contributed by atoms with Crippen LogP contribution in [0, 0.1) is 5.92 Å². The van der Waals surface area contributed by atoms with Gasteiger partial charge in [-0.1, -0.05) is 37.3 Å². The third-order valence-electron chi connectivity index (χ3n) is 10.7. The zero-order chi connectivity index (χ0) is 40.5. The van der Waals surface area contributed by atoms with Gasteiger partial charge in [0.1, 0.15) is 23.2 Å². The average molecular weight is 814 g/mol. The number of hydrogen-bond donors (Lipinski definition) is 4. The zero-order valence-corrected chi connectivity index (χ0v) is 32.0. The van der Waals surface area contributed by atoms with E-state index >= 15 is 0 Å². The molecule has 0 spiro atoms. The van der Waals surface area contributed by atoms with Gasteiger partial charge in [0.2, 0.25) is 27.4 Å². The van der Waals surface area contributed by atoms with Crippen LogP contribution in [0.25, 0.3) is 0 Å². The Bertz CT molecular complexity index is 2020. The monoisotopic (exact) mass is 813 g/mol. The first kappa shape index (κ1) is 41.8. The van der Waals surface area contributed by atoms with Gasteiger partial charge in [0, 0.05) is 18.5 Å². The van der Waals surface area contributed by atoms with E-state index in [4.69, 9.17) is 5.73 Å². The first-order chi connectivity index (χ1) is 25.6. The Balaban J connectivity index is 1.49. The Morgan fingerprint density at radius 3 is 2.24 bits per heavy atom. The van der Waals surface area contributed by atoms with E-state index in [1.54, 1.807) is 0 Å². The molecule has 55 heavy (non-hydrogen) atoms. The molecule has 1 aromatic carbocycles. The molecule has 2 aromatic rings. The molecular weight excluding hydrogens is 769 g/mol. The molecule has 5 rings (SSSR count). The Hall–Kier alpha value is -4.37. The quantitative estimate of drug-likeness (QED) is 0.202. The Morgan fingerprint density at radius 1 is 1.05 bits per heavy atom. The van der Waals surface area contributed by atoms with Gasteiger partial charge in [0.05, 0.1) is 34.3 Å². The number of nitrogens with one attached hydrogen (secondary N) is 2. The second-order valence-electron chi connectivity index (χ2n) is 15.0. The fourth-order valence-electron chi connectivity index (χ4n) is 7.60. The van der Waals surface area contributed by atoms with Crippen molar-refractivity contribution in [3.63, 3.8) is 0 Å². The SMILES string of the molecule is CC(C)(O)c1cnnn1[C@H]1C[C@@H](C(=O)NC2(C(=O)C(N)=O)CCS(=O)(=O)CC2)N(C(=O)[C@@H](CC2CCCCC2)NC(=O)c2ccc(S(=O)(=O)C(F)F)cc2)C1. The summed E-state index contributed by atoms with van der Waals surface area (Å²) in [4.78, 5) is 68.4. The second-order valence-corrected chi connectivity index (χ2v) is 19.3. The molecule has 302 valence electrons. The van der Waals surface area contributed by atoms with E-state index in [0.29, 0.717) is 0 Å². The van der Waals surface area contributed by atoms with Crippen molar-refractivity contribution in [1.29, 1.82) is 0 Å². The van der Waals surface area contributed by atoms with E-state index < -0.39 is 113 Å². The predicted octanol–water partition coefficient (Wildman–Crippen LogP) is 0.531. The van der Waals surface area contributed by atoms with E-state index in [-0.39, 0.29) is 36.6 Å². The molecule has 21 heteroatoms. The Morgan fingerprint density at radius 2 is 1.67 bits per heavy atom. The summed E-state index contributed by atoms with van der Waals surface area (Å²) in [5.74, 6) is -9.71. The topological polar surface area (TPSA) is 258 Å². The molecule has 4 amide bonds. The number of likely N-dealkylation sites (tertiary alicyclic amines) is 1. The largest absolute Gasteiger partial charge is 0.384 e. The summed E-state index contributed by atoms with van der Waals surface area (Å²) in [7, 11) is -8.52. The lowest BCUT2D eigenvalue weighted by Crippen LogP contribution is -2.64. The number of nitrogens with two attached hydrogens (primary N) is 1.